The maximum atomic E-state index is 12.6. The highest BCUT2D eigenvalue weighted by Gasteiger charge is 2.31. The number of hydrogen-bond donors (Lipinski definition) is 2. The molecule has 1 amide bonds. The van der Waals surface area contributed by atoms with Gasteiger partial charge in [0.2, 0.25) is 15.9 Å². The van der Waals surface area contributed by atoms with E-state index in [0.717, 1.165) is 31.2 Å². The quantitative estimate of drug-likeness (QED) is 0.785. The van der Waals surface area contributed by atoms with E-state index in [4.69, 9.17) is 11.6 Å². The molecular weight excluding hydrogens is 336 g/mol. The number of halogens is 1. The van der Waals surface area contributed by atoms with Crippen LogP contribution < -0.4 is 10.0 Å². The second-order valence-electron chi connectivity index (χ2n) is 5.89. The van der Waals surface area contributed by atoms with E-state index in [1.54, 1.807) is 12.1 Å². The third-order valence-corrected chi connectivity index (χ3v) is 5.98. The molecule has 1 saturated carbocycles. The Bertz CT molecular complexity index is 625. The van der Waals surface area contributed by atoms with Crippen molar-refractivity contribution in [3.63, 3.8) is 0 Å². The lowest BCUT2D eigenvalue weighted by Crippen LogP contribution is -2.37. The fourth-order valence-electron chi connectivity index (χ4n) is 3.12. The summed E-state index contributed by atoms with van der Waals surface area (Å²) in [6, 6.07) is 7.35. The monoisotopic (exact) mass is 358 g/mol. The van der Waals surface area contributed by atoms with Crippen molar-refractivity contribution in [2.75, 3.05) is 19.3 Å². The Morgan fingerprint density at radius 3 is 2.43 bits per heavy atom. The van der Waals surface area contributed by atoms with Crippen molar-refractivity contribution in [1.82, 2.24) is 10.0 Å². The van der Waals surface area contributed by atoms with E-state index in [0.29, 0.717) is 10.9 Å². The third-order valence-electron chi connectivity index (χ3n) is 4.36. The topological polar surface area (TPSA) is 75.3 Å². The van der Waals surface area contributed by atoms with Gasteiger partial charge in [-0.05, 0) is 43.5 Å². The van der Waals surface area contributed by atoms with E-state index in [2.05, 4.69) is 10.0 Å². The molecule has 1 fully saturated rings. The van der Waals surface area contributed by atoms with Crippen LogP contribution in [0, 0.1) is 5.92 Å². The molecule has 0 radical (unpaired) electrons. The van der Waals surface area contributed by atoms with Gasteiger partial charge in [0.15, 0.2) is 0 Å². The molecular formula is C16H23ClN2O3S. The number of benzene rings is 1. The van der Waals surface area contributed by atoms with E-state index in [1.807, 2.05) is 12.1 Å². The molecule has 7 heteroatoms. The van der Waals surface area contributed by atoms with E-state index < -0.39 is 10.0 Å². The van der Waals surface area contributed by atoms with Crippen molar-refractivity contribution in [3.8, 4) is 0 Å². The summed E-state index contributed by atoms with van der Waals surface area (Å²) in [6.45, 7) is 0.110. The minimum Gasteiger partial charge on any atom is -0.354 e. The Kier molecular flexibility index (Phi) is 6.44. The Morgan fingerprint density at radius 1 is 1.26 bits per heavy atom. The lowest BCUT2D eigenvalue weighted by molar-refractivity contribution is -0.123. The van der Waals surface area contributed by atoms with Gasteiger partial charge in [0, 0.05) is 11.6 Å². The van der Waals surface area contributed by atoms with Crippen LogP contribution in [0.5, 0.6) is 0 Å². The van der Waals surface area contributed by atoms with Crippen LogP contribution in [0.1, 0.15) is 37.2 Å². The highest BCUT2D eigenvalue weighted by atomic mass is 35.5. The molecule has 5 nitrogen and oxygen atoms in total. The summed E-state index contributed by atoms with van der Waals surface area (Å²) >= 11 is 5.93. The summed E-state index contributed by atoms with van der Waals surface area (Å²) in [5, 5.41) is 3.41. The summed E-state index contributed by atoms with van der Waals surface area (Å²) in [6.07, 6.45) is 4.32. The predicted molar refractivity (Wildman–Crippen MR) is 92.0 cm³/mol. The van der Waals surface area contributed by atoms with Crippen LogP contribution in [0.4, 0.5) is 0 Å². The summed E-state index contributed by atoms with van der Waals surface area (Å²) in [7, 11) is -1.95. The highest BCUT2D eigenvalue weighted by molar-refractivity contribution is 7.89. The lowest BCUT2D eigenvalue weighted by Gasteiger charge is -2.23. The number of sulfonamides is 1. The predicted octanol–water partition coefficient (Wildman–Crippen LogP) is 2.28. The maximum absolute atomic E-state index is 12.6. The van der Waals surface area contributed by atoms with Crippen molar-refractivity contribution in [2.45, 2.75) is 31.6 Å². The molecule has 1 aliphatic carbocycles. The zero-order valence-electron chi connectivity index (χ0n) is 13.2. The van der Waals surface area contributed by atoms with Gasteiger partial charge >= 0.3 is 0 Å². The summed E-state index contributed by atoms with van der Waals surface area (Å²) in [5.74, 6) is -0.164. The molecule has 2 rings (SSSR count). The normalized spacial score (nSPS) is 17.1. The van der Waals surface area contributed by atoms with Gasteiger partial charge in [0.1, 0.15) is 0 Å². The number of hydrogen-bond acceptors (Lipinski definition) is 3. The molecule has 0 aromatic heterocycles. The molecule has 2 N–H and O–H groups in total. The summed E-state index contributed by atoms with van der Waals surface area (Å²) in [4.78, 5) is 12.6. The van der Waals surface area contributed by atoms with Gasteiger partial charge in [0.05, 0.1) is 11.7 Å². The fraction of sp³-hybridized carbons (Fsp3) is 0.562. The molecule has 1 aromatic carbocycles. The molecule has 0 heterocycles. The second kappa shape index (κ2) is 8.13. The average molecular weight is 359 g/mol. The smallest absolute Gasteiger partial charge is 0.227 e. The van der Waals surface area contributed by atoms with Crippen molar-refractivity contribution in [1.29, 1.82) is 0 Å². The Morgan fingerprint density at radius 2 is 1.87 bits per heavy atom. The largest absolute Gasteiger partial charge is 0.354 e. The molecule has 128 valence electrons. The molecule has 0 bridgehead atoms. The van der Waals surface area contributed by atoms with Gasteiger partial charge < -0.3 is 5.32 Å². The van der Waals surface area contributed by atoms with Crippen molar-refractivity contribution in [2.24, 2.45) is 5.92 Å². The number of carbonyl (C=O) groups excluding carboxylic acids is 1. The van der Waals surface area contributed by atoms with Crippen LogP contribution in [0.3, 0.4) is 0 Å². The fourth-order valence-corrected chi connectivity index (χ4v) is 3.82. The SMILES string of the molecule is CNS(=O)(=O)CCNC(=O)C(c1ccc(Cl)cc1)C1CCCC1. The van der Waals surface area contributed by atoms with Gasteiger partial charge in [-0.15, -0.1) is 0 Å². The molecule has 1 unspecified atom stereocenters. The van der Waals surface area contributed by atoms with E-state index in [-0.39, 0.29) is 24.1 Å². The van der Waals surface area contributed by atoms with E-state index in [9.17, 15) is 13.2 Å². The standard InChI is InChI=1S/C16H23ClN2O3S/c1-18-23(21,22)11-10-19-16(20)15(12-4-2-3-5-12)13-6-8-14(17)9-7-13/h6-9,12,15,18H,2-5,10-11H2,1H3,(H,19,20). The Hall–Kier alpha value is -1.11. The van der Waals surface area contributed by atoms with Gasteiger partial charge in [-0.25, -0.2) is 13.1 Å². The molecule has 1 aliphatic rings. The number of amides is 1. The Balaban J connectivity index is 2.07. The molecule has 23 heavy (non-hydrogen) atoms. The van der Waals surface area contributed by atoms with Crippen LogP contribution in [0.2, 0.25) is 5.02 Å². The van der Waals surface area contributed by atoms with Crippen molar-refractivity contribution < 1.29 is 13.2 Å². The Labute approximate surface area is 142 Å². The first kappa shape index (κ1) is 18.2. The number of nitrogens with one attached hydrogen (secondary N) is 2. The van der Waals surface area contributed by atoms with Crippen LogP contribution in [0.25, 0.3) is 0 Å². The maximum Gasteiger partial charge on any atom is 0.227 e. The van der Waals surface area contributed by atoms with E-state index >= 15 is 0 Å². The van der Waals surface area contributed by atoms with Gasteiger partial charge in [-0.2, -0.15) is 0 Å². The minimum atomic E-state index is -3.31. The van der Waals surface area contributed by atoms with Crippen LogP contribution >= 0.6 is 11.6 Å². The highest BCUT2D eigenvalue weighted by Crippen LogP contribution is 2.37. The zero-order chi connectivity index (χ0) is 16.9. The van der Waals surface area contributed by atoms with Crippen molar-refractivity contribution in [3.05, 3.63) is 34.9 Å². The average Bonchev–Trinajstić information content (AvgIpc) is 3.03. The van der Waals surface area contributed by atoms with Gasteiger partial charge in [-0.3, -0.25) is 4.79 Å². The van der Waals surface area contributed by atoms with Gasteiger partial charge in [0.25, 0.3) is 0 Å². The second-order valence-corrected chi connectivity index (χ2v) is 8.37. The van der Waals surface area contributed by atoms with Crippen LogP contribution in [-0.4, -0.2) is 33.7 Å². The first-order valence-corrected chi connectivity index (χ1v) is 9.90. The summed E-state index contributed by atoms with van der Waals surface area (Å²) < 4.78 is 25.1. The van der Waals surface area contributed by atoms with Crippen LogP contribution in [-0.2, 0) is 14.8 Å². The molecule has 0 spiro atoms. The van der Waals surface area contributed by atoms with Gasteiger partial charge in [-0.1, -0.05) is 36.6 Å². The van der Waals surface area contributed by atoms with Crippen molar-refractivity contribution >= 4 is 27.5 Å². The third kappa shape index (κ3) is 5.19. The number of rotatable bonds is 7. The first-order valence-electron chi connectivity index (χ1n) is 7.87. The zero-order valence-corrected chi connectivity index (χ0v) is 14.8. The summed E-state index contributed by atoms with van der Waals surface area (Å²) in [5.41, 5.74) is 0.940. The lowest BCUT2D eigenvalue weighted by atomic mass is 9.84. The van der Waals surface area contributed by atoms with Crippen LogP contribution in [0.15, 0.2) is 24.3 Å². The number of carbonyl (C=O) groups is 1. The molecule has 1 atom stereocenters. The molecule has 0 saturated heterocycles. The minimum absolute atomic E-state index is 0.106. The molecule has 1 aromatic rings. The molecule has 0 aliphatic heterocycles. The van der Waals surface area contributed by atoms with E-state index in [1.165, 1.54) is 7.05 Å². The first-order chi connectivity index (χ1) is 10.9.